The van der Waals surface area contributed by atoms with Crippen LogP contribution in [0.3, 0.4) is 0 Å². The third-order valence-electron chi connectivity index (χ3n) is 1.01. The zero-order valence-electron chi connectivity index (χ0n) is 4.74. The van der Waals surface area contributed by atoms with E-state index in [2.05, 4.69) is 54.5 Å². The minimum absolute atomic E-state index is 0.302. The quantitative estimate of drug-likeness (QED) is 0.542. The average Bonchev–Trinajstić information content (AvgIpc) is 1.93. The fourth-order valence-corrected chi connectivity index (χ4v) is 2.02. The first-order valence-electron chi connectivity index (χ1n) is 2.45. The molecule has 0 bridgehead atoms. The van der Waals surface area contributed by atoms with Crippen molar-refractivity contribution in [3.05, 3.63) is 24.6 Å². The number of benzene rings is 1. The summed E-state index contributed by atoms with van der Waals surface area (Å²) in [4.78, 5) is 0. The molecule has 0 atom stereocenters. The summed E-state index contributed by atoms with van der Waals surface area (Å²) in [5.74, 6) is 0.302. The number of hydrogen-bond acceptors (Lipinski definition) is 1. The summed E-state index contributed by atoms with van der Waals surface area (Å²) in [7, 11) is 0. The van der Waals surface area contributed by atoms with Crippen LogP contribution in [0.25, 0.3) is 0 Å². The minimum Gasteiger partial charge on any atom is -0.507 e. The van der Waals surface area contributed by atoms with Crippen LogP contribution in [-0.4, -0.2) is 5.11 Å². The molecule has 0 unspecified atom stereocenters. The first-order chi connectivity index (χ1) is 4.63. The van der Waals surface area contributed by atoms with Crippen LogP contribution < -0.4 is 0 Å². The number of halogens is 3. The predicted molar refractivity (Wildman–Crippen MR) is 56.2 cm³/mol. The van der Waals surface area contributed by atoms with E-state index in [0.717, 1.165) is 12.5 Å². The summed E-state index contributed by atoms with van der Waals surface area (Å²) in [6.07, 6.45) is 0. The maximum atomic E-state index is 9.17. The Morgan fingerprint density at radius 3 is 2.40 bits per heavy atom. The summed E-state index contributed by atoms with van der Waals surface area (Å²) in [5, 5.41) is 9.17. The first kappa shape index (κ1) is 8.80. The fourth-order valence-electron chi connectivity index (χ4n) is 0.516. The molecule has 0 radical (unpaired) electrons. The predicted octanol–water partition coefficient (Wildman–Crippen LogP) is 3.52. The largest absolute Gasteiger partial charge is 0.507 e. The summed E-state index contributed by atoms with van der Waals surface area (Å²) in [5.41, 5.74) is 0. The Balaban J connectivity index is 3.34. The van der Waals surface area contributed by atoms with Gasteiger partial charge in [0.25, 0.3) is 0 Å². The van der Waals surface area contributed by atoms with E-state index < -0.39 is 0 Å². The lowest BCUT2D eigenvalue weighted by Gasteiger charge is -2.00. The van der Waals surface area contributed by atoms with Crippen LogP contribution in [0.15, 0.2) is 21.1 Å². The molecular formula is C6H3Br2IO. The van der Waals surface area contributed by atoms with Crippen molar-refractivity contribution in [2.45, 2.75) is 0 Å². The molecule has 10 heavy (non-hydrogen) atoms. The van der Waals surface area contributed by atoms with Gasteiger partial charge in [0.1, 0.15) is 5.75 Å². The van der Waals surface area contributed by atoms with E-state index in [1.807, 2.05) is 0 Å². The molecule has 1 aromatic carbocycles. The Bertz CT molecular complexity index is 235. The SMILES string of the molecule is Oc1ccc(Br)c(Br)c1I. The lowest BCUT2D eigenvalue weighted by atomic mass is 10.3. The molecule has 0 heterocycles. The number of phenolic OH excluding ortho intramolecular Hbond substituents is 1. The molecule has 0 aliphatic rings. The van der Waals surface area contributed by atoms with Crippen molar-refractivity contribution in [2.24, 2.45) is 0 Å². The fraction of sp³-hybridized carbons (Fsp3) is 0. The zero-order chi connectivity index (χ0) is 7.72. The van der Waals surface area contributed by atoms with Gasteiger partial charge in [-0.05, 0) is 66.6 Å². The second-order valence-electron chi connectivity index (χ2n) is 1.69. The molecule has 0 fully saturated rings. The van der Waals surface area contributed by atoms with Gasteiger partial charge >= 0.3 is 0 Å². The highest BCUT2D eigenvalue weighted by atomic mass is 127. The van der Waals surface area contributed by atoms with Gasteiger partial charge < -0.3 is 5.11 Å². The highest BCUT2D eigenvalue weighted by molar-refractivity contribution is 14.1. The molecule has 4 heteroatoms. The van der Waals surface area contributed by atoms with Gasteiger partial charge in [-0.15, -0.1) is 0 Å². The normalized spacial score (nSPS) is 9.90. The molecular weight excluding hydrogens is 375 g/mol. The van der Waals surface area contributed by atoms with Crippen LogP contribution in [0, 0.1) is 3.57 Å². The number of rotatable bonds is 0. The Hall–Kier alpha value is 0.710. The van der Waals surface area contributed by atoms with Crippen LogP contribution in [0.1, 0.15) is 0 Å². The van der Waals surface area contributed by atoms with Crippen molar-refractivity contribution in [3.63, 3.8) is 0 Å². The van der Waals surface area contributed by atoms with Crippen LogP contribution >= 0.6 is 54.5 Å². The van der Waals surface area contributed by atoms with Crippen LogP contribution in [0.5, 0.6) is 5.75 Å². The van der Waals surface area contributed by atoms with E-state index in [-0.39, 0.29) is 0 Å². The highest BCUT2D eigenvalue weighted by Gasteiger charge is 2.04. The van der Waals surface area contributed by atoms with Gasteiger partial charge in [-0.1, -0.05) is 0 Å². The van der Waals surface area contributed by atoms with E-state index in [4.69, 9.17) is 5.11 Å². The van der Waals surface area contributed by atoms with Gasteiger partial charge in [0.2, 0.25) is 0 Å². The zero-order valence-corrected chi connectivity index (χ0v) is 10.1. The molecule has 54 valence electrons. The Morgan fingerprint density at radius 1 is 1.30 bits per heavy atom. The van der Waals surface area contributed by atoms with Gasteiger partial charge in [0.15, 0.2) is 0 Å². The molecule has 1 rings (SSSR count). The molecule has 0 aromatic heterocycles. The first-order valence-corrected chi connectivity index (χ1v) is 5.12. The van der Waals surface area contributed by atoms with Gasteiger partial charge in [0, 0.05) is 8.95 Å². The number of hydrogen-bond donors (Lipinski definition) is 1. The van der Waals surface area contributed by atoms with E-state index in [0.29, 0.717) is 5.75 Å². The van der Waals surface area contributed by atoms with Crippen LogP contribution in [0.2, 0.25) is 0 Å². The maximum absolute atomic E-state index is 9.17. The summed E-state index contributed by atoms with van der Waals surface area (Å²) in [6, 6.07) is 3.44. The second-order valence-corrected chi connectivity index (χ2v) is 4.42. The molecule has 0 spiro atoms. The van der Waals surface area contributed by atoms with Crippen molar-refractivity contribution in [1.29, 1.82) is 0 Å². The summed E-state index contributed by atoms with van der Waals surface area (Å²) in [6.45, 7) is 0. The van der Waals surface area contributed by atoms with E-state index in [9.17, 15) is 0 Å². The van der Waals surface area contributed by atoms with Crippen LogP contribution in [-0.2, 0) is 0 Å². The van der Waals surface area contributed by atoms with Gasteiger partial charge in [-0.2, -0.15) is 0 Å². The molecule has 1 N–H and O–H groups in total. The minimum atomic E-state index is 0.302. The molecule has 1 nitrogen and oxygen atoms in total. The molecule has 0 saturated carbocycles. The van der Waals surface area contributed by atoms with E-state index in [1.165, 1.54) is 0 Å². The van der Waals surface area contributed by atoms with Crippen molar-refractivity contribution in [2.75, 3.05) is 0 Å². The van der Waals surface area contributed by atoms with Gasteiger partial charge in [-0.25, -0.2) is 0 Å². The van der Waals surface area contributed by atoms with Crippen molar-refractivity contribution >= 4 is 54.5 Å². The van der Waals surface area contributed by atoms with E-state index >= 15 is 0 Å². The average molecular weight is 378 g/mol. The van der Waals surface area contributed by atoms with Crippen molar-refractivity contribution in [3.8, 4) is 5.75 Å². The monoisotopic (exact) mass is 376 g/mol. The lowest BCUT2D eigenvalue weighted by molar-refractivity contribution is 0.471. The Morgan fingerprint density at radius 2 is 1.90 bits per heavy atom. The number of phenols is 1. The van der Waals surface area contributed by atoms with E-state index in [1.54, 1.807) is 12.1 Å². The number of aromatic hydroxyl groups is 1. The highest BCUT2D eigenvalue weighted by Crippen LogP contribution is 2.33. The Kier molecular flexibility index (Phi) is 3.00. The molecule has 1 aromatic rings. The third-order valence-corrected chi connectivity index (χ3v) is 4.86. The topological polar surface area (TPSA) is 20.2 Å². The van der Waals surface area contributed by atoms with Gasteiger partial charge in [0.05, 0.1) is 3.57 Å². The standard InChI is InChI=1S/C6H3Br2IO/c7-3-1-2-4(10)6(9)5(3)8/h1-2,10H. The Labute approximate surface area is 89.2 Å². The van der Waals surface area contributed by atoms with Crippen LogP contribution in [0.4, 0.5) is 0 Å². The molecule has 0 amide bonds. The maximum Gasteiger partial charge on any atom is 0.130 e. The lowest BCUT2D eigenvalue weighted by Crippen LogP contribution is -1.76. The molecule has 0 aliphatic carbocycles. The smallest absolute Gasteiger partial charge is 0.130 e. The summed E-state index contributed by atoms with van der Waals surface area (Å²) < 4.78 is 2.68. The third kappa shape index (κ3) is 1.65. The molecule has 0 aliphatic heterocycles. The van der Waals surface area contributed by atoms with Crippen molar-refractivity contribution in [1.82, 2.24) is 0 Å². The second kappa shape index (κ2) is 3.40. The molecule has 0 saturated heterocycles. The van der Waals surface area contributed by atoms with Crippen molar-refractivity contribution < 1.29 is 5.11 Å². The summed E-state index contributed by atoms with van der Waals surface area (Å²) >= 11 is 8.70. The van der Waals surface area contributed by atoms with Gasteiger partial charge in [-0.3, -0.25) is 0 Å².